The molecule has 1 unspecified atom stereocenters. The minimum Gasteiger partial charge on any atom is -0.466 e. The van der Waals surface area contributed by atoms with Crippen LogP contribution in [0.3, 0.4) is 0 Å². The molecular formula is C18H21N3O6S. The van der Waals surface area contributed by atoms with Gasteiger partial charge in [0, 0.05) is 25.0 Å². The number of piperidine rings is 1. The zero-order valence-corrected chi connectivity index (χ0v) is 16.1. The number of rotatable bonds is 6. The summed E-state index contributed by atoms with van der Waals surface area (Å²) < 4.78 is 36.1. The van der Waals surface area contributed by atoms with E-state index in [1.54, 1.807) is 11.8 Å². The highest BCUT2D eigenvalue weighted by Gasteiger charge is 2.26. The molecule has 10 heteroatoms. The number of amides is 1. The number of ether oxygens (including phenoxy) is 1. The third kappa shape index (κ3) is 5.80. The Morgan fingerprint density at radius 2 is 2.07 bits per heavy atom. The monoisotopic (exact) mass is 407 g/mol. The first-order valence-electron chi connectivity index (χ1n) is 8.66. The first-order chi connectivity index (χ1) is 13.2. The van der Waals surface area contributed by atoms with Crippen molar-refractivity contribution in [3.63, 3.8) is 0 Å². The highest BCUT2D eigenvalue weighted by atomic mass is 32.2. The number of benzene rings is 1. The summed E-state index contributed by atoms with van der Waals surface area (Å²) in [5.41, 5.74) is 0.116. The molecule has 1 fully saturated rings. The number of hydrogen-bond acceptors (Lipinski definition) is 7. The number of esters is 1. The number of carbonyl (C=O) groups excluding carboxylic acids is 2. The quantitative estimate of drug-likeness (QED) is 0.314. The van der Waals surface area contributed by atoms with Crippen LogP contribution < -0.4 is 5.32 Å². The second kappa shape index (κ2) is 9.34. The molecule has 0 spiro atoms. The maximum atomic E-state index is 12.3. The third-order valence-electron chi connectivity index (χ3n) is 4.16. The molecule has 0 bridgehead atoms. The van der Waals surface area contributed by atoms with Gasteiger partial charge < -0.3 is 15.0 Å². The van der Waals surface area contributed by atoms with E-state index in [4.69, 9.17) is 9.29 Å². The van der Waals surface area contributed by atoms with Crippen LogP contribution >= 0.6 is 0 Å². The summed E-state index contributed by atoms with van der Waals surface area (Å²) in [5.74, 6) is -1.26. The lowest BCUT2D eigenvalue weighted by Gasteiger charge is -2.30. The van der Waals surface area contributed by atoms with Gasteiger partial charge >= 0.3 is 5.97 Å². The Morgan fingerprint density at radius 3 is 2.64 bits per heavy atom. The number of hydrogen-bond donors (Lipinski definition) is 2. The number of likely N-dealkylation sites (tertiary alicyclic amines) is 1. The van der Waals surface area contributed by atoms with E-state index in [-0.39, 0.29) is 28.0 Å². The van der Waals surface area contributed by atoms with Crippen molar-refractivity contribution in [2.75, 3.05) is 25.0 Å². The summed E-state index contributed by atoms with van der Waals surface area (Å²) in [4.78, 5) is 25.7. The van der Waals surface area contributed by atoms with Crippen LogP contribution in [0.4, 0.5) is 5.69 Å². The predicted octanol–water partition coefficient (Wildman–Crippen LogP) is 1.55. The normalized spacial score (nSPS) is 17.5. The van der Waals surface area contributed by atoms with Gasteiger partial charge in [0.15, 0.2) is 0 Å². The van der Waals surface area contributed by atoms with E-state index in [1.807, 2.05) is 6.07 Å². The Hall–Kier alpha value is -2.90. The van der Waals surface area contributed by atoms with Gasteiger partial charge in [-0.15, -0.1) is 0 Å². The Kier molecular flexibility index (Phi) is 7.14. The molecule has 1 amide bonds. The minimum atomic E-state index is -4.33. The van der Waals surface area contributed by atoms with E-state index < -0.39 is 16.0 Å². The Bertz CT molecular complexity index is 902. The van der Waals surface area contributed by atoms with Gasteiger partial charge in [0.05, 0.1) is 17.4 Å². The van der Waals surface area contributed by atoms with E-state index in [1.165, 1.54) is 18.3 Å². The first-order valence-corrected chi connectivity index (χ1v) is 10.1. The molecule has 1 atom stereocenters. The molecule has 1 aliphatic rings. The molecule has 0 aromatic heterocycles. The summed E-state index contributed by atoms with van der Waals surface area (Å²) in [7, 11) is -4.33. The lowest BCUT2D eigenvalue weighted by Crippen LogP contribution is -2.37. The molecule has 0 saturated carbocycles. The zero-order chi connectivity index (χ0) is 20.7. The lowest BCUT2D eigenvalue weighted by atomic mass is 9.98. The molecule has 1 aliphatic heterocycles. The van der Waals surface area contributed by atoms with E-state index in [0.29, 0.717) is 26.1 Å². The van der Waals surface area contributed by atoms with Crippen LogP contribution in [0.5, 0.6) is 0 Å². The average molecular weight is 407 g/mol. The number of nitrogens with one attached hydrogen (secondary N) is 1. The molecule has 150 valence electrons. The van der Waals surface area contributed by atoms with Crippen LogP contribution in [0.25, 0.3) is 0 Å². The average Bonchev–Trinajstić information content (AvgIpc) is 2.66. The summed E-state index contributed by atoms with van der Waals surface area (Å²) in [6, 6.07) is 6.70. The second-order valence-corrected chi connectivity index (χ2v) is 7.62. The largest absolute Gasteiger partial charge is 0.466 e. The number of carbonyl (C=O) groups is 2. The fraction of sp³-hybridized carbons (Fsp3) is 0.389. The van der Waals surface area contributed by atoms with Crippen molar-refractivity contribution in [1.82, 2.24) is 4.90 Å². The van der Waals surface area contributed by atoms with Gasteiger partial charge in [-0.2, -0.15) is 13.7 Å². The van der Waals surface area contributed by atoms with Crippen LogP contribution in [-0.2, 0) is 24.4 Å². The zero-order valence-electron chi connectivity index (χ0n) is 15.3. The van der Waals surface area contributed by atoms with Crippen molar-refractivity contribution >= 4 is 27.7 Å². The second-order valence-electron chi connectivity index (χ2n) is 6.19. The van der Waals surface area contributed by atoms with Crippen molar-refractivity contribution < 1.29 is 27.3 Å². The van der Waals surface area contributed by atoms with Crippen molar-refractivity contribution in [3.8, 4) is 6.07 Å². The molecule has 1 aromatic rings. The maximum absolute atomic E-state index is 12.3. The molecule has 0 radical (unpaired) electrons. The van der Waals surface area contributed by atoms with E-state index in [2.05, 4.69) is 5.32 Å². The van der Waals surface area contributed by atoms with Crippen LogP contribution in [0.1, 0.15) is 19.8 Å². The van der Waals surface area contributed by atoms with Crippen molar-refractivity contribution in [2.24, 2.45) is 5.92 Å². The Labute approximate surface area is 163 Å². The SMILES string of the molecule is CCOC(=O)C1CCCN(/C=C(/C#N)C(=O)Nc2ccc(S(=O)(=O)O)cc2)C1. The molecule has 0 aliphatic carbocycles. The van der Waals surface area contributed by atoms with E-state index in [0.717, 1.165) is 18.6 Å². The molecule has 1 aromatic carbocycles. The third-order valence-corrected chi connectivity index (χ3v) is 5.03. The minimum absolute atomic E-state index is 0.150. The first kappa shape index (κ1) is 21.4. The topological polar surface area (TPSA) is 137 Å². The van der Waals surface area contributed by atoms with Crippen molar-refractivity contribution in [3.05, 3.63) is 36.0 Å². The standard InChI is InChI=1S/C18H21N3O6S/c1-2-27-18(23)13-4-3-9-21(11-13)12-14(10-19)17(22)20-15-5-7-16(8-6-15)28(24,25)26/h5-8,12-13H,2-4,9,11H2,1H3,(H,20,22)(H,24,25,26)/b14-12-. The molecule has 1 saturated heterocycles. The molecule has 2 rings (SSSR count). The van der Waals surface area contributed by atoms with Gasteiger partial charge in [0.1, 0.15) is 11.6 Å². The Balaban J connectivity index is 2.06. The van der Waals surface area contributed by atoms with Crippen molar-refractivity contribution in [2.45, 2.75) is 24.7 Å². The van der Waals surface area contributed by atoms with Gasteiger partial charge in [0.25, 0.3) is 16.0 Å². The highest BCUT2D eigenvalue weighted by molar-refractivity contribution is 7.85. The summed E-state index contributed by atoms with van der Waals surface area (Å²) in [5, 5.41) is 11.8. The molecular weight excluding hydrogens is 386 g/mol. The van der Waals surface area contributed by atoms with Gasteiger partial charge in [-0.25, -0.2) is 0 Å². The fourth-order valence-corrected chi connectivity index (χ4v) is 3.29. The summed E-state index contributed by atoms with van der Waals surface area (Å²) >= 11 is 0. The van der Waals surface area contributed by atoms with Gasteiger partial charge in [-0.3, -0.25) is 14.1 Å². The van der Waals surface area contributed by atoms with E-state index in [9.17, 15) is 23.3 Å². The summed E-state index contributed by atoms with van der Waals surface area (Å²) in [6.07, 6.45) is 2.84. The molecule has 1 heterocycles. The lowest BCUT2D eigenvalue weighted by molar-refractivity contribution is -0.149. The van der Waals surface area contributed by atoms with Crippen molar-refractivity contribution in [1.29, 1.82) is 5.26 Å². The number of anilines is 1. The number of nitrogens with zero attached hydrogens (tertiary/aromatic N) is 2. The van der Waals surface area contributed by atoms with Gasteiger partial charge in [-0.1, -0.05) is 0 Å². The number of nitriles is 1. The molecule has 9 nitrogen and oxygen atoms in total. The molecule has 28 heavy (non-hydrogen) atoms. The predicted molar refractivity (Wildman–Crippen MR) is 99.5 cm³/mol. The Morgan fingerprint density at radius 1 is 1.39 bits per heavy atom. The summed E-state index contributed by atoms with van der Waals surface area (Å²) in [6.45, 7) is 3.00. The van der Waals surface area contributed by atoms with Crippen LogP contribution in [0, 0.1) is 17.2 Å². The van der Waals surface area contributed by atoms with Gasteiger partial charge in [-0.05, 0) is 44.0 Å². The van der Waals surface area contributed by atoms with Crippen LogP contribution in [0.2, 0.25) is 0 Å². The van der Waals surface area contributed by atoms with Crippen LogP contribution in [-0.4, -0.2) is 49.4 Å². The fourth-order valence-electron chi connectivity index (χ4n) is 2.81. The van der Waals surface area contributed by atoms with E-state index >= 15 is 0 Å². The smallest absolute Gasteiger partial charge is 0.310 e. The van der Waals surface area contributed by atoms with Crippen LogP contribution in [0.15, 0.2) is 40.9 Å². The highest BCUT2D eigenvalue weighted by Crippen LogP contribution is 2.19. The maximum Gasteiger partial charge on any atom is 0.310 e. The molecule has 2 N–H and O–H groups in total. The van der Waals surface area contributed by atoms with Gasteiger partial charge in [0.2, 0.25) is 0 Å².